The maximum absolute atomic E-state index is 11.6. The summed E-state index contributed by atoms with van der Waals surface area (Å²) in [5.41, 5.74) is 0.856. The topological polar surface area (TPSA) is 35.5 Å². The van der Waals surface area contributed by atoms with E-state index in [2.05, 4.69) is 19.1 Å². The molecule has 0 N–H and O–H groups in total. The molecule has 0 bridgehead atoms. The van der Waals surface area contributed by atoms with Gasteiger partial charge in [-0.3, -0.25) is 0 Å². The highest BCUT2D eigenvalue weighted by Gasteiger charge is 2.16. The zero-order chi connectivity index (χ0) is 17.8. The van der Waals surface area contributed by atoms with Crippen molar-refractivity contribution in [3.05, 3.63) is 29.8 Å². The lowest BCUT2D eigenvalue weighted by Gasteiger charge is -2.19. The van der Waals surface area contributed by atoms with E-state index in [0.29, 0.717) is 5.75 Å². The summed E-state index contributed by atoms with van der Waals surface area (Å²) < 4.78 is 10.7. The Hall–Kier alpha value is -1.51. The Morgan fingerprint density at radius 1 is 0.917 bits per heavy atom. The van der Waals surface area contributed by atoms with Gasteiger partial charge in [-0.25, -0.2) is 4.79 Å². The van der Waals surface area contributed by atoms with Crippen LogP contribution in [0, 0.1) is 0 Å². The van der Waals surface area contributed by atoms with E-state index >= 15 is 0 Å². The summed E-state index contributed by atoms with van der Waals surface area (Å²) in [7, 11) is 0. The van der Waals surface area contributed by atoms with Gasteiger partial charge in [0.15, 0.2) is 6.61 Å². The Morgan fingerprint density at radius 2 is 1.50 bits per heavy atom. The molecule has 0 amide bonds. The first-order chi connectivity index (χ1) is 11.4. The second kappa shape index (κ2) is 11.1. The third-order valence-electron chi connectivity index (χ3n) is 3.77. The fourth-order valence-electron chi connectivity index (χ4n) is 2.55. The van der Waals surface area contributed by atoms with Crippen molar-refractivity contribution in [1.82, 2.24) is 0 Å². The Bertz CT molecular complexity index is 457. The van der Waals surface area contributed by atoms with E-state index in [4.69, 9.17) is 9.47 Å². The molecule has 1 aromatic carbocycles. The van der Waals surface area contributed by atoms with Gasteiger partial charge in [-0.2, -0.15) is 0 Å². The molecule has 0 aliphatic carbocycles. The van der Waals surface area contributed by atoms with Crippen molar-refractivity contribution in [1.29, 1.82) is 0 Å². The van der Waals surface area contributed by atoms with Gasteiger partial charge in [-0.05, 0) is 51.3 Å². The third-order valence-corrected chi connectivity index (χ3v) is 3.77. The van der Waals surface area contributed by atoms with Crippen molar-refractivity contribution < 1.29 is 14.3 Å². The molecule has 0 aliphatic heterocycles. The van der Waals surface area contributed by atoms with Crippen molar-refractivity contribution in [3.8, 4) is 5.75 Å². The van der Waals surface area contributed by atoms with Crippen LogP contribution in [-0.4, -0.2) is 18.2 Å². The summed E-state index contributed by atoms with van der Waals surface area (Å²) in [6, 6.07) is 8.03. The van der Waals surface area contributed by atoms with Crippen molar-refractivity contribution in [2.75, 3.05) is 6.61 Å². The number of benzene rings is 1. The SMILES string of the molecule is CCCCCCCCCc1ccc(OCC(=O)OC(C)(C)C)cc1. The number of ether oxygens (including phenoxy) is 2. The van der Waals surface area contributed by atoms with Gasteiger partial charge in [0.1, 0.15) is 11.4 Å². The molecule has 3 heteroatoms. The van der Waals surface area contributed by atoms with Crippen LogP contribution in [0.4, 0.5) is 0 Å². The second-order valence-corrected chi connectivity index (χ2v) is 7.39. The Kier molecular flexibility index (Phi) is 9.51. The molecule has 0 radical (unpaired) electrons. The van der Waals surface area contributed by atoms with Crippen LogP contribution in [0.1, 0.15) is 78.2 Å². The molecule has 0 fully saturated rings. The highest BCUT2D eigenvalue weighted by molar-refractivity contribution is 5.71. The molecule has 0 unspecified atom stereocenters. The van der Waals surface area contributed by atoms with Gasteiger partial charge in [-0.15, -0.1) is 0 Å². The molecule has 0 aliphatic rings. The van der Waals surface area contributed by atoms with Crippen LogP contribution in [0.5, 0.6) is 5.75 Å². The van der Waals surface area contributed by atoms with E-state index < -0.39 is 5.60 Å². The van der Waals surface area contributed by atoms with Crippen molar-refractivity contribution in [2.45, 2.75) is 84.7 Å². The lowest BCUT2D eigenvalue weighted by molar-refractivity contribution is -0.157. The number of aryl methyl sites for hydroxylation is 1. The van der Waals surface area contributed by atoms with Crippen LogP contribution in [0.15, 0.2) is 24.3 Å². The first-order valence-corrected chi connectivity index (χ1v) is 9.34. The lowest BCUT2D eigenvalue weighted by Crippen LogP contribution is -2.27. The molecule has 136 valence electrons. The molecule has 24 heavy (non-hydrogen) atoms. The Morgan fingerprint density at radius 3 is 2.08 bits per heavy atom. The van der Waals surface area contributed by atoms with Crippen molar-refractivity contribution >= 4 is 5.97 Å². The normalized spacial score (nSPS) is 11.3. The molecule has 0 atom stereocenters. The Labute approximate surface area is 147 Å². The molecular formula is C21H34O3. The van der Waals surface area contributed by atoms with E-state index in [0.717, 1.165) is 6.42 Å². The summed E-state index contributed by atoms with van der Waals surface area (Å²) >= 11 is 0. The van der Waals surface area contributed by atoms with E-state index in [9.17, 15) is 4.79 Å². The van der Waals surface area contributed by atoms with Crippen molar-refractivity contribution in [3.63, 3.8) is 0 Å². The van der Waals surface area contributed by atoms with Gasteiger partial charge in [0.2, 0.25) is 0 Å². The molecule has 0 saturated carbocycles. The fraction of sp³-hybridized carbons (Fsp3) is 0.667. The highest BCUT2D eigenvalue weighted by atomic mass is 16.6. The molecule has 1 aromatic rings. The van der Waals surface area contributed by atoms with Gasteiger partial charge >= 0.3 is 5.97 Å². The Balaban J connectivity index is 2.20. The maximum Gasteiger partial charge on any atom is 0.344 e. The first kappa shape index (κ1) is 20.5. The zero-order valence-corrected chi connectivity index (χ0v) is 15.9. The predicted molar refractivity (Wildman–Crippen MR) is 99.5 cm³/mol. The first-order valence-electron chi connectivity index (χ1n) is 9.34. The van der Waals surface area contributed by atoms with E-state index in [1.54, 1.807) is 0 Å². The minimum absolute atomic E-state index is 0.0472. The average molecular weight is 335 g/mol. The molecule has 0 spiro atoms. The standard InChI is InChI=1S/C21H34O3/c1-5-6-7-8-9-10-11-12-18-13-15-19(16-14-18)23-17-20(22)24-21(2,3)4/h13-16H,5-12,17H2,1-4H3. The molecule has 0 heterocycles. The molecule has 3 nitrogen and oxygen atoms in total. The minimum Gasteiger partial charge on any atom is -0.482 e. The summed E-state index contributed by atoms with van der Waals surface area (Å²) in [5.74, 6) is 0.374. The number of carbonyl (C=O) groups is 1. The number of esters is 1. The molecular weight excluding hydrogens is 300 g/mol. The van der Waals surface area contributed by atoms with Gasteiger partial charge in [0.05, 0.1) is 0 Å². The number of unbranched alkanes of at least 4 members (excludes halogenated alkanes) is 6. The van der Waals surface area contributed by atoms with Gasteiger partial charge in [-0.1, -0.05) is 57.6 Å². The van der Waals surface area contributed by atoms with Gasteiger partial charge in [0.25, 0.3) is 0 Å². The van der Waals surface area contributed by atoms with Crippen LogP contribution >= 0.6 is 0 Å². The van der Waals surface area contributed by atoms with Gasteiger partial charge in [0, 0.05) is 0 Å². The number of hydrogen-bond donors (Lipinski definition) is 0. The molecule has 0 aromatic heterocycles. The van der Waals surface area contributed by atoms with E-state index in [1.807, 2.05) is 32.9 Å². The largest absolute Gasteiger partial charge is 0.482 e. The number of rotatable bonds is 11. The lowest BCUT2D eigenvalue weighted by atomic mass is 10.0. The second-order valence-electron chi connectivity index (χ2n) is 7.39. The molecule has 1 rings (SSSR count). The quantitative estimate of drug-likeness (QED) is 0.384. The van der Waals surface area contributed by atoms with Crippen LogP contribution in [0.3, 0.4) is 0 Å². The van der Waals surface area contributed by atoms with Crippen LogP contribution < -0.4 is 4.74 Å². The van der Waals surface area contributed by atoms with Crippen LogP contribution in [0.25, 0.3) is 0 Å². The number of carbonyl (C=O) groups excluding carboxylic acids is 1. The summed E-state index contributed by atoms with van der Waals surface area (Å²) in [6.45, 7) is 7.76. The van der Waals surface area contributed by atoms with Gasteiger partial charge < -0.3 is 9.47 Å². The van der Waals surface area contributed by atoms with Crippen molar-refractivity contribution in [2.24, 2.45) is 0 Å². The summed E-state index contributed by atoms with van der Waals surface area (Å²) in [5, 5.41) is 0. The maximum atomic E-state index is 11.6. The highest BCUT2D eigenvalue weighted by Crippen LogP contribution is 2.16. The van der Waals surface area contributed by atoms with E-state index in [-0.39, 0.29) is 12.6 Å². The third kappa shape index (κ3) is 10.3. The van der Waals surface area contributed by atoms with Crippen LogP contribution in [0.2, 0.25) is 0 Å². The smallest absolute Gasteiger partial charge is 0.344 e. The molecule has 0 saturated heterocycles. The monoisotopic (exact) mass is 334 g/mol. The minimum atomic E-state index is -0.471. The summed E-state index contributed by atoms with van der Waals surface area (Å²) in [6.07, 6.45) is 10.4. The number of hydrogen-bond acceptors (Lipinski definition) is 3. The average Bonchev–Trinajstić information content (AvgIpc) is 2.51. The summed E-state index contributed by atoms with van der Waals surface area (Å²) in [4.78, 5) is 11.6. The zero-order valence-electron chi connectivity index (χ0n) is 15.9. The fourth-order valence-corrected chi connectivity index (χ4v) is 2.55. The van der Waals surface area contributed by atoms with E-state index in [1.165, 1.54) is 50.5 Å². The van der Waals surface area contributed by atoms with Crippen LogP contribution in [-0.2, 0) is 16.0 Å². The predicted octanol–water partition coefficient (Wildman–Crippen LogP) is 5.70.